The zero-order chi connectivity index (χ0) is 17.8. The number of rotatable bonds is 5. The minimum absolute atomic E-state index is 0.0639. The van der Waals surface area contributed by atoms with Crippen molar-refractivity contribution in [1.82, 2.24) is 5.43 Å². The van der Waals surface area contributed by atoms with Gasteiger partial charge >= 0.3 is 0 Å². The number of nitrogens with zero attached hydrogens (tertiary/aromatic N) is 1. The first-order chi connectivity index (χ1) is 12.0. The van der Waals surface area contributed by atoms with E-state index in [1.807, 2.05) is 37.3 Å². The first-order valence-corrected chi connectivity index (χ1v) is 8.84. The van der Waals surface area contributed by atoms with Crippen LogP contribution < -0.4 is 10.7 Å². The maximum Gasteiger partial charge on any atom is 0.272 e. The zero-order valence-electron chi connectivity index (χ0n) is 13.8. The van der Waals surface area contributed by atoms with Crippen LogP contribution in [0.4, 0.5) is 5.69 Å². The van der Waals surface area contributed by atoms with Crippen LogP contribution in [0.5, 0.6) is 0 Å². The Balaban J connectivity index is 1.68. The number of carbonyl (C=O) groups is 2. The van der Waals surface area contributed by atoms with Gasteiger partial charge in [-0.05, 0) is 65.5 Å². The molecule has 0 atom stereocenters. The number of nitrogens with one attached hydrogen (secondary N) is 2. The molecule has 3 rings (SSSR count). The molecular weight excluding hydrogens is 382 g/mol. The van der Waals surface area contributed by atoms with E-state index in [0.717, 1.165) is 24.1 Å². The number of hydrazone groups is 1. The van der Waals surface area contributed by atoms with Crippen LogP contribution in [-0.2, 0) is 4.79 Å². The van der Waals surface area contributed by atoms with Gasteiger partial charge in [-0.15, -0.1) is 0 Å². The average Bonchev–Trinajstić information content (AvgIpc) is 3.45. The minimum atomic E-state index is -0.287. The molecule has 5 nitrogen and oxygen atoms in total. The van der Waals surface area contributed by atoms with Crippen molar-refractivity contribution in [2.24, 2.45) is 11.0 Å². The van der Waals surface area contributed by atoms with Gasteiger partial charge < -0.3 is 5.32 Å². The Morgan fingerprint density at radius 2 is 1.88 bits per heavy atom. The Morgan fingerprint density at radius 3 is 2.60 bits per heavy atom. The van der Waals surface area contributed by atoms with Gasteiger partial charge in [0.1, 0.15) is 0 Å². The first kappa shape index (κ1) is 17.4. The summed E-state index contributed by atoms with van der Waals surface area (Å²) < 4.78 is 0.713. The highest BCUT2D eigenvalue weighted by Crippen LogP contribution is 2.30. The fraction of sp³-hybridized carbons (Fsp3) is 0.211. The highest BCUT2D eigenvalue weighted by molar-refractivity contribution is 9.10. The molecule has 0 bridgehead atoms. The minimum Gasteiger partial charge on any atom is -0.326 e. The lowest BCUT2D eigenvalue weighted by atomic mass is 10.1. The molecule has 0 unspecified atom stereocenters. The van der Waals surface area contributed by atoms with E-state index in [1.165, 1.54) is 0 Å². The van der Waals surface area contributed by atoms with Crippen LogP contribution in [0.3, 0.4) is 0 Å². The molecule has 0 heterocycles. The zero-order valence-corrected chi connectivity index (χ0v) is 15.3. The van der Waals surface area contributed by atoms with Gasteiger partial charge in [-0.2, -0.15) is 5.10 Å². The molecule has 1 saturated carbocycles. The van der Waals surface area contributed by atoms with Crippen LogP contribution in [0, 0.1) is 5.92 Å². The Bertz CT molecular complexity index is 844. The van der Waals surface area contributed by atoms with Crippen molar-refractivity contribution < 1.29 is 9.59 Å². The number of benzene rings is 2. The van der Waals surface area contributed by atoms with E-state index >= 15 is 0 Å². The van der Waals surface area contributed by atoms with Crippen molar-refractivity contribution in [1.29, 1.82) is 0 Å². The van der Waals surface area contributed by atoms with E-state index in [4.69, 9.17) is 0 Å². The van der Waals surface area contributed by atoms with Crippen molar-refractivity contribution in [2.45, 2.75) is 19.8 Å². The van der Waals surface area contributed by atoms with Crippen LogP contribution in [0.2, 0.25) is 0 Å². The quantitative estimate of drug-likeness (QED) is 0.590. The number of hydrogen-bond donors (Lipinski definition) is 2. The fourth-order valence-electron chi connectivity index (χ4n) is 2.32. The van der Waals surface area contributed by atoms with Gasteiger partial charge in [0.25, 0.3) is 5.91 Å². The SMILES string of the molecule is C/C(=N\NC(=O)c1ccccc1Br)c1cccc(NC(=O)C2CC2)c1. The third-order valence-electron chi connectivity index (χ3n) is 3.94. The normalized spacial score (nSPS) is 14.1. The fourth-order valence-corrected chi connectivity index (χ4v) is 2.78. The molecular formula is C19H18BrN3O2. The lowest BCUT2D eigenvalue weighted by Crippen LogP contribution is -2.20. The van der Waals surface area contributed by atoms with E-state index in [1.54, 1.807) is 18.2 Å². The molecule has 1 aliphatic rings. The molecule has 2 amide bonds. The first-order valence-electron chi connectivity index (χ1n) is 8.05. The number of anilines is 1. The molecule has 2 aromatic rings. The second-order valence-electron chi connectivity index (χ2n) is 5.96. The van der Waals surface area contributed by atoms with E-state index < -0.39 is 0 Å². The van der Waals surface area contributed by atoms with Gasteiger partial charge in [0.15, 0.2) is 0 Å². The van der Waals surface area contributed by atoms with Crippen molar-refractivity contribution in [3.63, 3.8) is 0 Å². The Labute approximate surface area is 154 Å². The van der Waals surface area contributed by atoms with E-state index in [-0.39, 0.29) is 17.7 Å². The number of hydrogen-bond acceptors (Lipinski definition) is 3. The summed E-state index contributed by atoms with van der Waals surface area (Å²) >= 11 is 3.35. The summed E-state index contributed by atoms with van der Waals surface area (Å²) in [6.07, 6.45) is 1.93. The lowest BCUT2D eigenvalue weighted by molar-refractivity contribution is -0.117. The Hall–Kier alpha value is -2.47. The predicted octanol–water partition coefficient (Wildman–Crippen LogP) is 3.95. The number of halogens is 1. The van der Waals surface area contributed by atoms with Gasteiger partial charge in [0.2, 0.25) is 5.91 Å². The summed E-state index contributed by atoms with van der Waals surface area (Å²) in [6.45, 7) is 1.81. The van der Waals surface area contributed by atoms with E-state index in [9.17, 15) is 9.59 Å². The summed E-state index contributed by atoms with van der Waals surface area (Å²) in [6, 6.07) is 14.6. The van der Waals surface area contributed by atoms with Crippen LogP contribution in [-0.4, -0.2) is 17.5 Å². The van der Waals surface area contributed by atoms with Crippen molar-refractivity contribution >= 4 is 39.1 Å². The van der Waals surface area contributed by atoms with E-state index in [2.05, 4.69) is 31.8 Å². The third kappa shape index (κ3) is 4.54. The van der Waals surface area contributed by atoms with Gasteiger partial charge in [-0.25, -0.2) is 5.43 Å². The van der Waals surface area contributed by atoms with Crippen LogP contribution >= 0.6 is 15.9 Å². The molecule has 6 heteroatoms. The lowest BCUT2D eigenvalue weighted by Gasteiger charge is -2.08. The largest absolute Gasteiger partial charge is 0.326 e. The molecule has 1 aliphatic carbocycles. The smallest absolute Gasteiger partial charge is 0.272 e. The summed E-state index contributed by atoms with van der Waals surface area (Å²) in [5.74, 6) is -0.0685. The summed E-state index contributed by atoms with van der Waals surface area (Å²) in [4.78, 5) is 24.0. The number of carbonyl (C=O) groups excluding carboxylic acids is 2. The van der Waals surface area contributed by atoms with Gasteiger partial charge in [0.05, 0.1) is 11.3 Å². The highest BCUT2D eigenvalue weighted by Gasteiger charge is 2.29. The predicted molar refractivity (Wildman–Crippen MR) is 102 cm³/mol. The van der Waals surface area contributed by atoms with Crippen molar-refractivity contribution in [3.05, 3.63) is 64.1 Å². The molecule has 0 aliphatic heterocycles. The summed E-state index contributed by atoms with van der Waals surface area (Å²) in [5, 5.41) is 7.07. The third-order valence-corrected chi connectivity index (χ3v) is 4.63. The second-order valence-corrected chi connectivity index (χ2v) is 6.82. The Morgan fingerprint density at radius 1 is 1.12 bits per heavy atom. The maximum atomic E-state index is 12.2. The Kier molecular flexibility index (Phi) is 5.28. The molecule has 0 radical (unpaired) electrons. The summed E-state index contributed by atoms with van der Waals surface area (Å²) in [5.41, 5.74) is 5.30. The molecule has 1 fully saturated rings. The molecule has 128 valence electrons. The van der Waals surface area contributed by atoms with Crippen LogP contribution in [0.25, 0.3) is 0 Å². The topological polar surface area (TPSA) is 70.6 Å². The monoisotopic (exact) mass is 399 g/mol. The molecule has 0 spiro atoms. The van der Waals surface area contributed by atoms with Gasteiger partial charge in [0, 0.05) is 16.1 Å². The summed E-state index contributed by atoms with van der Waals surface area (Å²) in [7, 11) is 0. The number of amides is 2. The average molecular weight is 400 g/mol. The maximum absolute atomic E-state index is 12.2. The van der Waals surface area contributed by atoms with Gasteiger partial charge in [-0.1, -0.05) is 24.3 Å². The van der Waals surface area contributed by atoms with Crippen LogP contribution in [0.15, 0.2) is 58.1 Å². The second kappa shape index (κ2) is 7.61. The van der Waals surface area contributed by atoms with Crippen molar-refractivity contribution in [3.8, 4) is 0 Å². The van der Waals surface area contributed by atoms with Crippen molar-refractivity contribution in [2.75, 3.05) is 5.32 Å². The molecule has 25 heavy (non-hydrogen) atoms. The molecule has 0 aromatic heterocycles. The standard InChI is InChI=1S/C19H18BrN3O2/c1-12(22-23-19(25)16-7-2-3-8-17(16)20)14-5-4-6-15(11-14)21-18(24)13-9-10-13/h2-8,11,13H,9-10H2,1H3,(H,21,24)(H,23,25)/b22-12+. The van der Waals surface area contributed by atoms with Gasteiger partial charge in [-0.3, -0.25) is 9.59 Å². The molecule has 0 saturated heterocycles. The van der Waals surface area contributed by atoms with Crippen LogP contribution in [0.1, 0.15) is 35.7 Å². The molecule has 2 N–H and O–H groups in total. The van der Waals surface area contributed by atoms with E-state index in [0.29, 0.717) is 15.7 Å². The molecule has 2 aromatic carbocycles. The highest BCUT2D eigenvalue weighted by atomic mass is 79.9.